The zero-order valence-electron chi connectivity index (χ0n) is 21.5. The number of non-ortho nitro benzene ring substituents is 1. The Morgan fingerprint density at radius 2 is 1.38 bits per heavy atom. The SMILES string of the molecule is O=C(NC1CCCCC1)C([C]1[CH][CH][CH][CH]1)N(C(=O)c1ccc([N+](=O)[O-])cc1)c1ccccc1.[CH]1[CH][CH][CH][CH]1.[Fe+2]. The second-order valence-electron chi connectivity index (χ2n) is 9.24. The maximum Gasteiger partial charge on any atom is 2.00 e. The van der Waals surface area contributed by atoms with E-state index in [9.17, 15) is 19.7 Å². The fourth-order valence-corrected chi connectivity index (χ4v) is 4.67. The van der Waals surface area contributed by atoms with Gasteiger partial charge in [-0.1, -0.05) is 37.5 Å². The van der Waals surface area contributed by atoms with Crippen molar-refractivity contribution < 1.29 is 31.6 Å². The van der Waals surface area contributed by atoms with Crippen molar-refractivity contribution in [3.8, 4) is 0 Å². The first kappa shape index (κ1) is 30.8. The van der Waals surface area contributed by atoms with Crippen LogP contribution in [0.15, 0.2) is 54.6 Å². The van der Waals surface area contributed by atoms with Gasteiger partial charge in [0.05, 0.1) is 4.92 Å². The third-order valence-electron chi connectivity index (χ3n) is 6.60. The summed E-state index contributed by atoms with van der Waals surface area (Å²) in [4.78, 5) is 39.4. The molecule has 0 saturated heterocycles. The average molecular weight is 565 g/mol. The van der Waals surface area contributed by atoms with Crippen LogP contribution in [0.5, 0.6) is 0 Å². The maximum atomic E-state index is 13.7. The number of nitro groups is 1. The average Bonchev–Trinajstić information content (AvgIpc) is 3.70. The molecule has 2 aromatic carbocycles. The minimum absolute atomic E-state index is 0. The number of carbonyl (C=O) groups is 2. The molecule has 2 amide bonds. The van der Waals surface area contributed by atoms with Crippen LogP contribution in [0.2, 0.25) is 0 Å². The van der Waals surface area contributed by atoms with E-state index in [4.69, 9.17) is 0 Å². The first-order chi connectivity index (χ1) is 18.5. The fourth-order valence-electron chi connectivity index (χ4n) is 4.67. The van der Waals surface area contributed by atoms with Crippen molar-refractivity contribution in [2.45, 2.75) is 44.2 Å². The third-order valence-corrected chi connectivity index (χ3v) is 6.60. The van der Waals surface area contributed by atoms with Crippen molar-refractivity contribution in [3.05, 3.63) is 134 Å². The third kappa shape index (κ3) is 8.64. The molecule has 0 aromatic heterocycles. The normalized spacial score (nSPS) is 18.3. The van der Waals surface area contributed by atoms with E-state index >= 15 is 0 Å². The van der Waals surface area contributed by atoms with E-state index in [1.54, 1.807) is 12.1 Å². The molecule has 7 nitrogen and oxygen atoms in total. The minimum Gasteiger partial charge on any atom is -0.352 e. The van der Waals surface area contributed by atoms with Crippen LogP contribution in [-0.2, 0) is 21.9 Å². The molecule has 5 rings (SSSR count). The van der Waals surface area contributed by atoms with Gasteiger partial charge in [0.25, 0.3) is 11.6 Å². The molecule has 1 N–H and O–H groups in total. The summed E-state index contributed by atoms with van der Waals surface area (Å²) < 4.78 is 0. The summed E-state index contributed by atoms with van der Waals surface area (Å²) in [7, 11) is 0. The van der Waals surface area contributed by atoms with E-state index in [1.807, 2.05) is 76.0 Å². The number of nitro benzene ring substituents is 1. The zero-order chi connectivity index (χ0) is 26.7. The van der Waals surface area contributed by atoms with Crippen LogP contribution < -0.4 is 10.2 Å². The summed E-state index contributed by atoms with van der Waals surface area (Å²) in [5, 5.41) is 14.2. The number of nitrogens with zero attached hydrogens (tertiary/aromatic N) is 2. The molecule has 0 bridgehead atoms. The molecule has 200 valence electrons. The van der Waals surface area contributed by atoms with Gasteiger partial charge in [-0.25, -0.2) is 0 Å². The Morgan fingerprint density at radius 3 is 1.92 bits per heavy atom. The quantitative estimate of drug-likeness (QED) is 0.273. The molecule has 3 fully saturated rings. The van der Waals surface area contributed by atoms with Gasteiger partial charge in [-0.05, 0) is 94.9 Å². The van der Waals surface area contributed by atoms with Crippen molar-refractivity contribution >= 4 is 23.2 Å². The summed E-state index contributed by atoms with van der Waals surface area (Å²) in [6.45, 7) is 0. The molecule has 1 atom stereocenters. The Balaban J connectivity index is 0.000000630. The Morgan fingerprint density at radius 1 is 0.821 bits per heavy atom. The standard InChI is InChI=1S/C26H26N3O4.C5H5.Fe/c30-25(27-21-11-3-1-4-12-21)24(19-9-7-8-10-19)28(22-13-5-2-6-14-22)26(31)20-15-17-23(18-16-20)29(32)33;1-2-4-5-3-1;/h2,5-10,13-18,21,24H,1,3-4,11-12H2,(H,27,30);1-5H;/q;;+2. The topological polar surface area (TPSA) is 92.6 Å². The summed E-state index contributed by atoms with van der Waals surface area (Å²) in [5.74, 6) is 0.0794. The Labute approximate surface area is 242 Å². The summed E-state index contributed by atoms with van der Waals surface area (Å²) in [5.41, 5.74) is 0.748. The molecule has 39 heavy (non-hydrogen) atoms. The van der Waals surface area contributed by atoms with Gasteiger partial charge in [0.2, 0.25) is 5.91 Å². The molecule has 8 heteroatoms. The Kier molecular flexibility index (Phi) is 12.5. The zero-order valence-corrected chi connectivity index (χ0v) is 22.6. The van der Waals surface area contributed by atoms with E-state index in [0.29, 0.717) is 11.6 Å². The largest absolute Gasteiger partial charge is 2.00 e. The molecule has 2 aromatic rings. The molecule has 3 aliphatic rings. The number of rotatable bonds is 7. The number of carbonyl (C=O) groups excluding carboxylic acids is 2. The second-order valence-corrected chi connectivity index (χ2v) is 9.24. The monoisotopic (exact) mass is 565 g/mol. The number of hydrogen-bond donors (Lipinski definition) is 1. The van der Waals surface area contributed by atoms with Gasteiger partial charge < -0.3 is 5.32 Å². The van der Waals surface area contributed by atoms with E-state index in [2.05, 4.69) is 5.32 Å². The van der Waals surface area contributed by atoms with E-state index in [1.165, 1.54) is 35.6 Å². The Bertz CT molecular complexity index is 1040. The van der Waals surface area contributed by atoms with Crippen LogP contribution in [0.4, 0.5) is 11.4 Å². The van der Waals surface area contributed by atoms with Gasteiger partial charge in [-0.3, -0.25) is 24.6 Å². The van der Waals surface area contributed by atoms with Crippen molar-refractivity contribution in [1.29, 1.82) is 0 Å². The number of benzene rings is 2. The van der Waals surface area contributed by atoms with Gasteiger partial charge in [0.15, 0.2) is 0 Å². The van der Waals surface area contributed by atoms with E-state index in [-0.39, 0.29) is 40.3 Å². The predicted octanol–water partition coefficient (Wildman–Crippen LogP) is 5.48. The summed E-state index contributed by atoms with van der Waals surface area (Å²) in [6.07, 6.45) is 22.6. The minimum atomic E-state index is -0.869. The number of hydrogen-bond acceptors (Lipinski definition) is 4. The molecule has 1 unspecified atom stereocenters. The Hall–Kier alpha value is -2.70. The molecule has 3 aliphatic carbocycles. The van der Waals surface area contributed by atoms with Crippen LogP contribution >= 0.6 is 0 Å². The van der Waals surface area contributed by atoms with Crippen LogP contribution in [0.1, 0.15) is 42.5 Å². The van der Waals surface area contributed by atoms with Crippen LogP contribution in [0.3, 0.4) is 0 Å². The number of para-hydroxylation sites is 1. The van der Waals surface area contributed by atoms with Gasteiger partial charge in [0.1, 0.15) is 6.04 Å². The second kappa shape index (κ2) is 15.8. The van der Waals surface area contributed by atoms with Crippen molar-refractivity contribution in [2.24, 2.45) is 0 Å². The van der Waals surface area contributed by atoms with E-state index < -0.39 is 16.9 Å². The number of nitrogens with one attached hydrogen (secondary N) is 1. The molecule has 0 spiro atoms. The first-order valence-electron chi connectivity index (χ1n) is 12.9. The van der Waals surface area contributed by atoms with Crippen LogP contribution in [0.25, 0.3) is 0 Å². The number of amides is 2. The fraction of sp³-hybridized carbons (Fsp3) is 0.226. The van der Waals surface area contributed by atoms with Gasteiger partial charge in [-0.2, -0.15) is 0 Å². The smallest absolute Gasteiger partial charge is 0.352 e. The molecule has 3 saturated carbocycles. The first-order valence-corrected chi connectivity index (χ1v) is 12.9. The van der Waals surface area contributed by atoms with Crippen LogP contribution in [-0.4, -0.2) is 28.8 Å². The molecule has 0 aliphatic heterocycles. The summed E-state index contributed by atoms with van der Waals surface area (Å²) >= 11 is 0. The molecular formula is C31H31FeN3O4+2. The van der Waals surface area contributed by atoms with Crippen molar-refractivity contribution in [2.75, 3.05) is 4.90 Å². The molecular weight excluding hydrogens is 534 g/mol. The van der Waals surface area contributed by atoms with Crippen LogP contribution in [0, 0.1) is 73.8 Å². The van der Waals surface area contributed by atoms with Gasteiger partial charge in [-0.15, -0.1) is 0 Å². The van der Waals surface area contributed by atoms with Crippen molar-refractivity contribution in [1.82, 2.24) is 5.32 Å². The van der Waals surface area contributed by atoms with E-state index in [0.717, 1.165) is 25.7 Å². The van der Waals surface area contributed by atoms with Gasteiger partial charge >= 0.3 is 17.1 Å². The van der Waals surface area contributed by atoms with Crippen molar-refractivity contribution in [3.63, 3.8) is 0 Å². The number of anilines is 1. The van der Waals surface area contributed by atoms with Gasteiger partial charge in [0, 0.05) is 35.3 Å². The molecule has 10 radical (unpaired) electrons. The maximum absolute atomic E-state index is 13.7. The molecule has 0 heterocycles. The summed E-state index contributed by atoms with van der Waals surface area (Å²) in [6, 6.07) is 13.7. The predicted molar refractivity (Wildman–Crippen MR) is 147 cm³/mol.